The summed E-state index contributed by atoms with van der Waals surface area (Å²) >= 11 is 1.40. The first-order valence-electron chi connectivity index (χ1n) is 10.9. The highest BCUT2D eigenvalue weighted by atomic mass is 32.2. The van der Waals surface area contributed by atoms with Crippen LogP contribution in [-0.2, 0) is 24.8 Å². The molecule has 33 heavy (non-hydrogen) atoms. The Balaban J connectivity index is 1.25. The van der Waals surface area contributed by atoms with Gasteiger partial charge >= 0.3 is 0 Å². The molecular weight excluding hydrogens is 432 g/mol. The van der Waals surface area contributed by atoms with Gasteiger partial charge in [0.1, 0.15) is 5.82 Å². The van der Waals surface area contributed by atoms with Gasteiger partial charge in [-0.1, -0.05) is 42.5 Å². The fourth-order valence-electron chi connectivity index (χ4n) is 4.20. The van der Waals surface area contributed by atoms with Crippen LogP contribution in [0.3, 0.4) is 0 Å². The van der Waals surface area contributed by atoms with Gasteiger partial charge in [-0.2, -0.15) is 0 Å². The number of fused-ring (bicyclic) bond motifs is 2. The lowest BCUT2D eigenvalue weighted by Gasteiger charge is -2.17. The monoisotopic (exact) mass is 456 g/mol. The number of carbonyl (C=O) groups excluding carboxylic acids is 2. The highest BCUT2D eigenvalue weighted by Crippen LogP contribution is 2.29. The van der Waals surface area contributed by atoms with Gasteiger partial charge in [0.2, 0.25) is 5.91 Å². The van der Waals surface area contributed by atoms with E-state index in [0.717, 1.165) is 33.9 Å². The molecule has 5 rings (SSSR count). The summed E-state index contributed by atoms with van der Waals surface area (Å²) < 4.78 is 1.99. The minimum absolute atomic E-state index is 0.0554. The minimum atomic E-state index is -0.177. The first-order chi connectivity index (χ1) is 16.1. The molecule has 3 aromatic carbocycles. The number of anilines is 1. The molecule has 166 valence electrons. The maximum absolute atomic E-state index is 13.0. The largest absolute Gasteiger partial charge is 0.345 e. The molecule has 0 aliphatic carbocycles. The van der Waals surface area contributed by atoms with Crippen LogP contribution >= 0.6 is 11.8 Å². The van der Waals surface area contributed by atoms with Crippen LogP contribution in [0.25, 0.3) is 11.0 Å². The summed E-state index contributed by atoms with van der Waals surface area (Å²) in [5, 5.41) is 2.98. The van der Waals surface area contributed by atoms with Crippen molar-refractivity contribution < 1.29 is 9.59 Å². The fraction of sp³-hybridized carbons (Fsp3) is 0.192. The van der Waals surface area contributed by atoms with E-state index in [1.165, 1.54) is 17.3 Å². The zero-order valence-electron chi connectivity index (χ0n) is 18.3. The summed E-state index contributed by atoms with van der Waals surface area (Å²) in [6.45, 7) is 1.03. The highest BCUT2D eigenvalue weighted by Gasteiger charge is 2.24. The number of aromatic nitrogens is 2. The number of hydrogen-bond donors (Lipinski definition) is 1. The molecule has 2 heterocycles. The first-order valence-corrected chi connectivity index (χ1v) is 11.9. The van der Waals surface area contributed by atoms with Crippen molar-refractivity contribution in [2.45, 2.75) is 17.9 Å². The molecule has 0 saturated heterocycles. The van der Waals surface area contributed by atoms with Gasteiger partial charge in [-0.15, -0.1) is 11.8 Å². The van der Waals surface area contributed by atoms with Gasteiger partial charge in [0.15, 0.2) is 0 Å². The summed E-state index contributed by atoms with van der Waals surface area (Å²) in [4.78, 5) is 33.1. The maximum Gasteiger partial charge on any atom is 0.252 e. The molecule has 1 N–H and O–H groups in total. The number of rotatable bonds is 6. The van der Waals surface area contributed by atoms with E-state index in [0.29, 0.717) is 18.7 Å². The fourth-order valence-corrected chi connectivity index (χ4v) is 5.13. The van der Waals surface area contributed by atoms with Crippen molar-refractivity contribution >= 4 is 40.3 Å². The minimum Gasteiger partial charge on any atom is -0.345 e. The summed E-state index contributed by atoms with van der Waals surface area (Å²) in [6.07, 6.45) is 0.883. The Hall–Kier alpha value is -3.58. The molecule has 0 spiro atoms. The molecule has 4 aromatic rings. The average Bonchev–Trinajstić information content (AvgIpc) is 3.42. The van der Waals surface area contributed by atoms with E-state index in [1.807, 2.05) is 77.2 Å². The molecule has 1 aromatic heterocycles. The number of hydrogen-bond acceptors (Lipinski definition) is 4. The van der Waals surface area contributed by atoms with Gasteiger partial charge in [-0.3, -0.25) is 9.59 Å². The Labute approximate surface area is 196 Å². The zero-order valence-corrected chi connectivity index (χ0v) is 19.1. The van der Waals surface area contributed by atoms with Crippen LogP contribution < -0.4 is 10.2 Å². The van der Waals surface area contributed by atoms with Crippen LogP contribution in [0, 0.1) is 0 Å². The SMILES string of the molecule is Cn1c(CNC(=O)c2ccccc2SCC(=O)N2CCc3ccccc32)nc2ccccc21. The molecule has 2 amide bonds. The number of aryl methyl sites for hydroxylation is 1. The first kappa shape index (κ1) is 21.3. The van der Waals surface area contributed by atoms with Gasteiger partial charge in [-0.05, 0) is 42.3 Å². The second-order valence-electron chi connectivity index (χ2n) is 7.97. The lowest BCUT2D eigenvalue weighted by molar-refractivity contribution is -0.116. The van der Waals surface area contributed by atoms with Crippen molar-refractivity contribution in [3.05, 3.63) is 89.7 Å². The Morgan fingerprint density at radius 1 is 1.00 bits per heavy atom. The van der Waals surface area contributed by atoms with Crippen molar-refractivity contribution in [2.75, 3.05) is 17.2 Å². The number of benzene rings is 3. The van der Waals surface area contributed by atoms with Gasteiger partial charge in [0, 0.05) is 24.2 Å². The third-order valence-electron chi connectivity index (χ3n) is 5.96. The molecule has 6 nitrogen and oxygen atoms in total. The van der Waals surface area contributed by atoms with Crippen LogP contribution in [0.5, 0.6) is 0 Å². The highest BCUT2D eigenvalue weighted by molar-refractivity contribution is 8.00. The number of thioether (sulfide) groups is 1. The molecule has 7 heteroatoms. The normalized spacial score (nSPS) is 12.7. The molecule has 0 saturated carbocycles. The standard InChI is InChI=1S/C26H24N4O2S/c1-29-22-12-6-4-10-20(22)28-24(29)16-27-26(32)19-9-3-7-13-23(19)33-17-25(31)30-15-14-18-8-2-5-11-21(18)30/h2-13H,14-17H2,1H3,(H,27,32). The van der Waals surface area contributed by atoms with E-state index in [4.69, 9.17) is 0 Å². The van der Waals surface area contributed by atoms with E-state index in [1.54, 1.807) is 6.07 Å². The van der Waals surface area contributed by atoms with Gasteiger partial charge in [0.05, 0.1) is 28.9 Å². The van der Waals surface area contributed by atoms with Crippen molar-refractivity contribution in [3.63, 3.8) is 0 Å². The van der Waals surface area contributed by atoms with Gasteiger partial charge in [0.25, 0.3) is 5.91 Å². The lowest BCUT2D eigenvalue weighted by Crippen LogP contribution is -2.30. The van der Waals surface area contributed by atoms with E-state index in [9.17, 15) is 9.59 Å². The predicted octanol–water partition coefficient (Wildman–Crippen LogP) is 4.18. The summed E-state index contributed by atoms with van der Waals surface area (Å²) in [5.41, 5.74) is 4.70. The molecule has 1 aliphatic heterocycles. The predicted molar refractivity (Wildman–Crippen MR) is 132 cm³/mol. The summed E-state index contributed by atoms with van der Waals surface area (Å²) in [5.74, 6) is 0.949. The third kappa shape index (κ3) is 4.24. The summed E-state index contributed by atoms with van der Waals surface area (Å²) in [7, 11) is 1.95. The van der Waals surface area contributed by atoms with E-state index in [2.05, 4.69) is 16.4 Å². The topological polar surface area (TPSA) is 67.2 Å². The van der Waals surface area contributed by atoms with Crippen LogP contribution in [0.1, 0.15) is 21.7 Å². The molecule has 1 aliphatic rings. The van der Waals surface area contributed by atoms with Gasteiger partial charge in [-0.25, -0.2) is 4.98 Å². The third-order valence-corrected chi connectivity index (χ3v) is 7.02. The lowest BCUT2D eigenvalue weighted by atomic mass is 10.2. The zero-order chi connectivity index (χ0) is 22.8. The average molecular weight is 457 g/mol. The number of nitrogens with zero attached hydrogens (tertiary/aromatic N) is 3. The smallest absolute Gasteiger partial charge is 0.252 e. The van der Waals surface area contributed by atoms with Crippen LogP contribution in [0.15, 0.2) is 77.7 Å². The number of imidazole rings is 1. The number of carbonyl (C=O) groups is 2. The van der Waals surface area contributed by atoms with E-state index < -0.39 is 0 Å². The molecule has 0 bridgehead atoms. The van der Waals surface area contributed by atoms with Crippen LogP contribution in [0.2, 0.25) is 0 Å². The Morgan fingerprint density at radius 2 is 1.76 bits per heavy atom. The quantitative estimate of drug-likeness (QED) is 0.442. The summed E-state index contributed by atoms with van der Waals surface area (Å²) in [6, 6.07) is 23.3. The van der Waals surface area contributed by atoms with Crippen molar-refractivity contribution in [3.8, 4) is 0 Å². The van der Waals surface area contributed by atoms with E-state index >= 15 is 0 Å². The molecule has 0 unspecified atom stereocenters. The molecule has 0 fully saturated rings. The second-order valence-corrected chi connectivity index (χ2v) is 8.98. The number of nitrogens with one attached hydrogen (secondary N) is 1. The van der Waals surface area contributed by atoms with Crippen LogP contribution in [0.4, 0.5) is 5.69 Å². The Kier molecular flexibility index (Phi) is 5.88. The maximum atomic E-state index is 13.0. The van der Waals surface area contributed by atoms with Crippen molar-refractivity contribution in [2.24, 2.45) is 7.05 Å². The van der Waals surface area contributed by atoms with Gasteiger partial charge < -0.3 is 14.8 Å². The molecule has 0 radical (unpaired) electrons. The second kappa shape index (κ2) is 9.11. The number of para-hydroxylation sites is 3. The Morgan fingerprint density at radius 3 is 2.64 bits per heavy atom. The van der Waals surface area contributed by atoms with Crippen molar-refractivity contribution in [1.82, 2.24) is 14.9 Å². The van der Waals surface area contributed by atoms with Crippen LogP contribution in [-0.4, -0.2) is 33.7 Å². The van der Waals surface area contributed by atoms with Crippen molar-refractivity contribution in [1.29, 1.82) is 0 Å². The van der Waals surface area contributed by atoms with E-state index in [-0.39, 0.29) is 17.6 Å². The Bertz CT molecular complexity index is 1350. The number of amides is 2. The molecular formula is C26H24N4O2S. The molecule has 0 atom stereocenters.